The number of ether oxygens (including phenoxy) is 1. The van der Waals surface area contributed by atoms with Gasteiger partial charge in [0.25, 0.3) is 0 Å². The Kier molecular flexibility index (Phi) is 5.60. The predicted octanol–water partition coefficient (Wildman–Crippen LogP) is 0.300. The Morgan fingerprint density at radius 1 is 1.46 bits per heavy atom. The number of methoxy groups -OCH3 is 1. The van der Waals surface area contributed by atoms with Gasteiger partial charge in [-0.05, 0) is 19.8 Å². The molecule has 1 aliphatic heterocycles. The maximum atomic E-state index is 12.5. The molecule has 2 rings (SSSR count). The SMILES string of the molecule is CCn1cc(NC(=O)[C@H]2CCCN(S(C)(=O)=O)C2)c(C(=O)OC)n1. The second-order valence-corrected chi connectivity index (χ2v) is 7.67. The predicted molar refractivity (Wildman–Crippen MR) is 87.0 cm³/mol. The molecular weight excluding hydrogens is 336 g/mol. The number of esters is 1. The third kappa shape index (κ3) is 4.12. The Bertz CT molecular complexity index is 728. The van der Waals surface area contributed by atoms with Gasteiger partial charge in [0, 0.05) is 25.8 Å². The summed E-state index contributed by atoms with van der Waals surface area (Å²) in [5.74, 6) is -1.44. The van der Waals surface area contributed by atoms with Crippen LogP contribution in [0.2, 0.25) is 0 Å². The Labute approximate surface area is 141 Å². The van der Waals surface area contributed by atoms with Gasteiger partial charge in [-0.25, -0.2) is 17.5 Å². The fourth-order valence-corrected chi connectivity index (χ4v) is 3.53. The lowest BCUT2D eigenvalue weighted by Gasteiger charge is -2.30. The van der Waals surface area contributed by atoms with Gasteiger partial charge in [-0.15, -0.1) is 0 Å². The van der Waals surface area contributed by atoms with E-state index in [-0.39, 0.29) is 23.8 Å². The van der Waals surface area contributed by atoms with E-state index in [0.717, 1.165) is 6.26 Å². The van der Waals surface area contributed by atoms with E-state index in [1.807, 2.05) is 6.92 Å². The Hall–Kier alpha value is -1.94. The number of carbonyl (C=O) groups excluding carboxylic acids is 2. The molecule has 9 nitrogen and oxygen atoms in total. The van der Waals surface area contributed by atoms with Crippen LogP contribution in [-0.4, -0.2) is 60.8 Å². The number of anilines is 1. The molecule has 0 spiro atoms. The first-order chi connectivity index (χ1) is 11.3. The first kappa shape index (κ1) is 18.4. The van der Waals surface area contributed by atoms with Crippen molar-refractivity contribution in [1.29, 1.82) is 0 Å². The minimum Gasteiger partial charge on any atom is -0.464 e. The summed E-state index contributed by atoms with van der Waals surface area (Å²) >= 11 is 0. The number of hydrogen-bond acceptors (Lipinski definition) is 6. The van der Waals surface area contributed by atoms with Crippen molar-refractivity contribution in [3.05, 3.63) is 11.9 Å². The van der Waals surface area contributed by atoms with Gasteiger partial charge < -0.3 is 10.1 Å². The lowest BCUT2D eigenvalue weighted by Crippen LogP contribution is -2.43. The van der Waals surface area contributed by atoms with E-state index >= 15 is 0 Å². The minimum absolute atomic E-state index is 0.0310. The molecule has 1 aliphatic rings. The average Bonchev–Trinajstić information content (AvgIpc) is 2.96. The van der Waals surface area contributed by atoms with Gasteiger partial charge in [-0.2, -0.15) is 5.10 Å². The smallest absolute Gasteiger partial charge is 0.360 e. The van der Waals surface area contributed by atoms with Crippen molar-refractivity contribution in [2.75, 3.05) is 31.8 Å². The van der Waals surface area contributed by atoms with E-state index in [4.69, 9.17) is 0 Å². The van der Waals surface area contributed by atoms with Crippen LogP contribution < -0.4 is 5.32 Å². The number of piperidine rings is 1. The molecule has 1 amide bonds. The molecule has 0 aromatic carbocycles. The summed E-state index contributed by atoms with van der Waals surface area (Å²) in [6.07, 6.45) is 3.89. The van der Waals surface area contributed by atoms with Crippen LogP contribution in [-0.2, 0) is 26.1 Å². The van der Waals surface area contributed by atoms with Crippen molar-refractivity contribution < 1.29 is 22.7 Å². The van der Waals surface area contributed by atoms with Crippen LogP contribution in [0, 0.1) is 5.92 Å². The van der Waals surface area contributed by atoms with Gasteiger partial charge in [0.15, 0.2) is 5.69 Å². The topological polar surface area (TPSA) is 111 Å². The van der Waals surface area contributed by atoms with Crippen LogP contribution in [0.3, 0.4) is 0 Å². The van der Waals surface area contributed by atoms with E-state index < -0.39 is 21.9 Å². The standard InChI is InChI=1S/C14H22N4O5S/c1-4-17-9-11(12(16-17)14(20)23-2)15-13(19)10-6-5-7-18(8-10)24(3,21)22/h9-10H,4-8H2,1-3H3,(H,15,19)/t10-/m0/s1. The minimum atomic E-state index is -3.33. The maximum Gasteiger partial charge on any atom is 0.360 e. The lowest BCUT2D eigenvalue weighted by atomic mass is 9.99. The number of aryl methyl sites for hydroxylation is 1. The van der Waals surface area contributed by atoms with Crippen LogP contribution in [0.5, 0.6) is 0 Å². The molecule has 0 bridgehead atoms. The molecule has 2 heterocycles. The highest BCUT2D eigenvalue weighted by atomic mass is 32.2. The fourth-order valence-electron chi connectivity index (χ4n) is 2.61. The van der Waals surface area contributed by atoms with Gasteiger partial charge in [0.1, 0.15) is 0 Å². The molecule has 0 aliphatic carbocycles. The number of nitrogens with one attached hydrogen (secondary N) is 1. The summed E-state index contributed by atoms with van der Waals surface area (Å²) in [4.78, 5) is 24.2. The van der Waals surface area contributed by atoms with Crippen LogP contribution >= 0.6 is 0 Å². The number of hydrogen-bond donors (Lipinski definition) is 1. The molecule has 134 valence electrons. The summed E-state index contributed by atoms with van der Waals surface area (Å²) < 4.78 is 30.8. The van der Waals surface area contributed by atoms with E-state index in [9.17, 15) is 18.0 Å². The Morgan fingerprint density at radius 2 is 2.17 bits per heavy atom. The van der Waals surface area contributed by atoms with Crippen LogP contribution in [0.15, 0.2) is 6.20 Å². The molecule has 10 heteroatoms. The number of rotatable bonds is 5. The molecule has 1 fully saturated rings. The molecule has 1 saturated heterocycles. The quantitative estimate of drug-likeness (QED) is 0.758. The van der Waals surface area contributed by atoms with Crippen LogP contribution in [0.1, 0.15) is 30.3 Å². The first-order valence-electron chi connectivity index (χ1n) is 7.68. The van der Waals surface area contributed by atoms with Crippen molar-refractivity contribution in [3.8, 4) is 0 Å². The zero-order valence-corrected chi connectivity index (χ0v) is 14.8. The van der Waals surface area contributed by atoms with Gasteiger partial charge >= 0.3 is 5.97 Å². The van der Waals surface area contributed by atoms with Gasteiger partial charge in [-0.1, -0.05) is 0 Å². The molecule has 1 aromatic heterocycles. The van der Waals surface area contributed by atoms with Crippen molar-refractivity contribution >= 4 is 27.6 Å². The summed E-state index contributed by atoms with van der Waals surface area (Å²) in [7, 11) is -2.09. The highest BCUT2D eigenvalue weighted by molar-refractivity contribution is 7.88. The van der Waals surface area contributed by atoms with Crippen molar-refractivity contribution in [2.24, 2.45) is 5.92 Å². The van der Waals surface area contributed by atoms with Gasteiger partial charge in [0.05, 0.1) is 25.0 Å². The summed E-state index contributed by atoms with van der Waals surface area (Å²) in [5, 5.41) is 6.75. The molecule has 0 unspecified atom stereocenters. The third-order valence-electron chi connectivity index (χ3n) is 3.95. The van der Waals surface area contributed by atoms with Crippen LogP contribution in [0.4, 0.5) is 5.69 Å². The monoisotopic (exact) mass is 358 g/mol. The lowest BCUT2D eigenvalue weighted by molar-refractivity contribution is -0.120. The number of sulfonamides is 1. The highest BCUT2D eigenvalue weighted by Gasteiger charge is 2.31. The molecule has 1 atom stereocenters. The fraction of sp³-hybridized carbons (Fsp3) is 0.643. The largest absolute Gasteiger partial charge is 0.464 e. The molecule has 1 N–H and O–H groups in total. The normalized spacial score (nSPS) is 19.0. The summed E-state index contributed by atoms with van der Waals surface area (Å²) in [6.45, 7) is 2.94. The van der Waals surface area contributed by atoms with Crippen molar-refractivity contribution in [2.45, 2.75) is 26.3 Å². The zero-order valence-electron chi connectivity index (χ0n) is 14.0. The third-order valence-corrected chi connectivity index (χ3v) is 5.22. The molecule has 24 heavy (non-hydrogen) atoms. The molecule has 0 saturated carbocycles. The van der Waals surface area contributed by atoms with E-state index in [2.05, 4.69) is 15.2 Å². The Balaban J connectivity index is 2.14. The van der Waals surface area contributed by atoms with E-state index in [1.54, 1.807) is 6.20 Å². The number of aromatic nitrogens is 2. The number of amides is 1. The Morgan fingerprint density at radius 3 is 2.75 bits per heavy atom. The first-order valence-corrected chi connectivity index (χ1v) is 9.52. The summed E-state index contributed by atoms with van der Waals surface area (Å²) in [6, 6.07) is 0. The van der Waals surface area contributed by atoms with Gasteiger partial charge in [-0.3, -0.25) is 9.48 Å². The van der Waals surface area contributed by atoms with E-state index in [1.165, 1.54) is 16.1 Å². The van der Waals surface area contributed by atoms with E-state index in [0.29, 0.717) is 25.9 Å². The molecule has 1 aromatic rings. The zero-order chi connectivity index (χ0) is 17.9. The van der Waals surface area contributed by atoms with Gasteiger partial charge in [0.2, 0.25) is 15.9 Å². The maximum absolute atomic E-state index is 12.5. The summed E-state index contributed by atoms with van der Waals surface area (Å²) in [5.41, 5.74) is 0.300. The average molecular weight is 358 g/mol. The number of carbonyl (C=O) groups is 2. The second kappa shape index (κ2) is 7.31. The molecule has 0 radical (unpaired) electrons. The highest BCUT2D eigenvalue weighted by Crippen LogP contribution is 2.22. The van der Waals surface area contributed by atoms with Crippen molar-refractivity contribution in [1.82, 2.24) is 14.1 Å². The van der Waals surface area contributed by atoms with Crippen molar-refractivity contribution in [3.63, 3.8) is 0 Å². The number of nitrogens with zero attached hydrogens (tertiary/aromatic N) is 3. The second-order valence-electron chi connectivity index (χ2n) is 5.69. The molecular formula is C14H22N4O5S. The van der Waals surface area contributed by atoms with Crippen LogP contribution in [0.25, 0.3) is 0 Å².